The topological polar surface area (TPSA) is 55.0 Å². The Morgan fingerprint density at radius 2 is 2.00 bits per heavy atom. The minimum atomic E-state index is 0.194. The Kier molecular flexibility index (Phi) is 5.19. The zero-order valence-corrected chi connectivity index (χ0v) is 10.5. The van der Waals surface area contributed by atoms with E-state index < -0.39 is 0 Å². The lowest BCUT2D eigenvalue weighted by Crippen LogP contribution is -2.26. The highest BCUT2D eigenvalue weighted by Crippen LogP contribution is 2.08. The largest absolute Gasteiger partial charge is 0.341 e. The molecule has 2 N–H and O–H groups in total. The molecule has 1 atom stereocenters. The van der Waals surface area contributed by atoms with E-state index in [9.17, 15) is 0 Å². The summed E-state index contributed by atoms with van der Waals surface area (Å²) in [4.78, 5) is 11.0. The van der Waals surface area contributed by atoms with Crippen molar-refractivity contribution in [1.29, 1.82) is 0 Å². The Bertz CT molecular complexity index is 310. The molecule has 0 saturated carbocycles. The predicted molar refractivity (Wildman–Crippen MR) is 67.6 cm³/mol. The van der Waals surface area contributed by atoms with E-state index in [-0.39, 0.29) is 6.04 Å². The first-order valence-corrected chi connectivity index (χ1v) is 6.03. The van der Waals surface area contributed by atoms with E-state index in [4.69, 9.17) is 5.73 Å². The van der Waals surface area contributed by atoms with Crippen LogP contribution in [0.4, 0.5) is 5.95 Å². The molecule has 0 radical (unpaired) electrons. The van der Waals surface area contributed by atoms with Gasteiger partial charge < -0.3 is 10.6 Å². The SMILES string of the molecule is CCC(N)Cc1ccnc(N(CC)CC)n1. The normalized spacial score (nSPS) is 12.5. The average Bonchev–Trinajstić information content (AvgIpc) is 2.31. The Morgan fingerprint density at radius 3 is 2.56 bits per heavy atom. The Labute approximate surface area is 97.9 Å². The van der Waals surface area contributed by atoms with Crippen molar-refractivity contribution in [2.24, 2.45) is 5.73 Å². The minimum Gasteiger partial charge on any atom is -0.341 e. The van der Waals surface area contributed by atoms with Gasteiger partial charge in [-0.05, 0) is 26.3 Å². The van der Waals surface area contributed by atoms with Crippen molar-refractivity contribution in [3.63, 3.8) is 0 Å². The lowest BCUT2D eigenvalue weighted by molar-refractivity contribution is 0.634. The molecule has 0 amide bonds. The van der Waals surface area contributed by atoms with Gasteiger partial charge in [-0.25, -0.2) is 9.97 Å². The van der Waals surface area contributed by atoms with Crippen LogP contribution < -0.4 is 10.6 Å². The first-order valence-electron chi connectivity index (χ1n) is 6.03. The summed E-state index contributed by atoms with van der Waals surface area (Å²) in [5, 5.41) is 0. The van der Waals surface area contributed by atoms with Gasteiger partial charge in [0.05, 0.1) is 0 Å². The molecule has 1 aromatic heterocycles. The third-order valence-corrected chi connectivity index (χ3v) is 2.74. The van der Waals surface area contributed by atoms with Crippen molar-refractivity contribution in [3.05, 3.63) is 18.0 Å². The molecule has 0 fully saturated rings. The fourth-order valence-electron chi connectivity index (χ4n) is 1.57. The summed E-state index contributed by atoms with van der Waals surface area (Å²) in [6.07, 6.45) is 3.62. The number of anilines is 1. The summed E-state index contributed by atoms with van der Waals surface area (Å²) in [6.45, 7) is 8.17. The third kappa shape index (κ3) is 3.45. The molecule has 0 spiro atoms. The fourth-order valence-corrected chi connectivity index (χ4v) is 1.57. The maximum absolute atomic E-state index is 5.92. The minimum absolute atomic E-state index is 0.194. The molecule has 0 aromatic carbocycles. The maximum Gasteiger partial charge on any atom is 0.225 e. The van der Waals surface area contributed by atoms with Gasteiger partial charge in [-0.15, -0.1) is 0 Å². The standard InChI is InChI=1S/C12H22N4/c1-4-10(13)9-11-7-8-14-12(15-11)16(5-2)6-3/h7-8,10H,4-6,9,13H2,1-3H3. The van der Waals surface area contributed by atoms with Crippen LogP contribution in [0.15, 0.2) is 12.3 Å². The smallest absolute Gasteiger partial charge is 0.225 e. The van der Waals surface area contributed by atoms with Gasteiger partial charge in [-0.1, -0.05) is 6.92 Å². The van der Waals surface area contributed by atoms with Gasteiger partial charge in [0, 0.05) is 37.4 Å². The third-order valence-electron chi connectivity index (χ3n) is 2.74. The molecule has 1 heterocycles. The molecule has 0 aliphatic heterocycles. The van der Waals surface area contributed by atoms with Gasteiger partial charge in [0.25, 0.3) is 0 Å². The van der Waals surface area contributed by atoms with Gasteiger partial charge in [-0.3, -0.25) is 0 Å². The summed E-state index contributed by atoms with van der Waals surface area (Å²) in [6, 6.07) is 2.14. The van der Waals surface area contributed by atoms with Crippen LogP contribution >= 0.6 is 0 Å². The molecular weight excluding hydrogens is 200 g/mol. The Morgan fingerprint density at radius 1 is 1.31 bits per heavy atom. The predicted octanol–water partition coefficient (Wildman–Crippen LogP) is 1.60. The first kappa shape index (κ1) is 12.9. The molecule has 0 bridgehead atoms. The number of nitrogens with two attached hydrogens (primary N) is 1. The van der Waals surface area contributed by atoms with Crippen molar-refractivity contribution in [2.45, 2.75) is 39.7 Å². The Hall–Kier alpha value is -1.16. The second-order valence-electron chi connectivity index (χ2n) is 3.89. The van der Waals surface area contributed by atoms with E-state index in [1.165, 1.54) is 0 Å². The van der Waals surface area contributed by atoms with Crippen LogP contribution in [-0.4, -0.2) is 29.1 Å². The zero-order valence-electron chi connectivity index (χ0n) is 10.5. The summed E-state index contributed by atoms with van der Waals surface area (Å²) in [5.74, 6) is 0.811. The molecule has 4 heteroatoms. The molecule has 0 aliphatic carbocycles. The molecular formula is C12H22N4. The summed E-state index contributed by atoms with van der Waals surface area (Å²) >= 11 is 0. The van der Waals surface area contributed by atoms with Gasteiger partial charge >= 0.3 is 0 Å². The van der Waals surface area contributed by atoms with Gasteiger partial charge in [0.2, 0.25) is 5.95 Å². The van der Waals surface area contributed by atoms with Crippen molar-refractivity contribution < 1.29 is 0 Å². The van der Waals surface area contributed by atoms with E-state index in [0.717, 1.165) is 37.6 Å². The van der Waals surface area contributed by atoms with Gasteiger partial charge in [-0.2, -0.15) is 0 Å². The number of hydrogen-bond acceptors (Lipinski definition) is 4. The second kappa shape index (κ2) is 6.43. The van der Waals surface area contributed by atoms with Crippen LogP contribution in [0.5, 0.6) is 0 Å². The molecule has 1 rings (SSSR count). The number of hydrogen-bond donors (Lipinski definition) is 1. The second-order valence-corrected chi connectivity index (χ2v) is 3.89. The van der Waals surface area contributed by atoms with Crippen LogP contribution in [0.1, 0.15) is 32.9 Å². The lowest BCUT2D eigenvalue weighted by atomic mass is 10.1. The van der Waals surface area contributed by atoms with Crippen LogP contribution in [0, 0.1) is 0 Å². The first-order chi connectivity index (χ1) is 7.71. The number of aromatic nitrogens is 2. The Balaban J connectivity index is 2.77. The van der Waals surface area contributed by atoms with Gasteiger partial charge in [0.1, 0.15) is 0 Å². The highest BCUT2D eigenvalue weighted by Gasteiger charge is 2.07. The highest BCUT2D eigenvalue weighted by atomic mass is 15.2. The molecule has 0 aliphatic rings. The monoisotopic (exact) mass is 222 g/mol. The van der Waals surface area contributed by atoms with E-state index in [2.05, 4.69) is 35.6 Å². The molecule has 4 nitrogen and oxygen atoms in total. The lowest BCUT2D eigenvalue weighted by Gasteiger charge is -2.19. The van der Waals surface area contributed by atoms with Crippen molar-refractivity contribution in [1.82, 2.24) is 9.97 Å². The van der Waals surface area contributed by atoms with Crippen LogP contribution in [-0.2, 0) is 6.42 Å². The quantitative estimate of drug-likeness (QED) is 0.794. The van der Waals surface area contributed by atoms with E-state index in [1.807, 2.05) is 12.3 Å². The van der Waals surface area contributed by atoms with Crippen molar-refractivity contribution in [2.75, 3.05) is 18.0 Å². The van der Waals surface area contributed by atoms with Crippen LogP contribution in [0.25, 0.3) is 0 Å². The zero-order chi connectivity index (χ0) is 12.0. The fraction of sp³-hybridized carbons (Fsp3) is 0.667. The molecule has 0 saturated heterocycles. The summed E-state index contributed by atoms with van der Waals surface area (Å²) < 4.78 is 0. The van der Waals surface area contributed by atoms with Crippen molar-refractivity contribution in [3.8, 4) is 0 Å². The van der Waals surface area contributed by atoms with E-state index in [0.29, 0.717) is 0 Å². The molecule has 16 heavy (non-hydrogen) atoms. The highest BCUT2D eigenvalue weighted by molar-refractivity contribution is 5.29. The number of rotatable bonds is 6. The van der Waals surface area contributed by atoms with Crippen molar-refractivity contribution >= 4 is 5.95 Å². The van der Waals surface area contributed by atoms with Gasteiger partial charge in [0.15, 0.2) is 0 Å². The maximum atomic E-state index is 5.92. The molecule has 1 unspecified atom stereocenters. The van der Waals surface area contributed by atoms with Crippen LogP contribution in [0.3, 0.4) is 0 Å². The summed E-state index contributed by atoms with van der Waals surface area (Å²) in [5.41, 5.74) is 6.96. The molecule has 1 aromatic rings. The average molecular weight is 222 g/mol. The van der Waals surface area contributed by atoms with Crippen LogP contribution in [0.2, 0.25) is 0 Å². The summed E-state index contributed by atoms with van der Waals surface area (Å²) in [7, 11) is 0. The van der Waals surface area contributed by atoms with E-state index >= 15 is 0 Å². The van der Waals surface area contributed by atoms with E-state index in [1.54, 1.807) is 0 Å². The molecule has 90 valence electrons. The number of nitrogens with zero attached hydrogens (tertiary/aromatic N) is 3.